The molecule has 3 saturated carbocycles. The van der Waals surface area contributed by atoms with Gasteiger partial charge in [0.15, 0.2) is 11.5 Å². The monoisotopic (exact) mass is 669 g/mol. The van der Waals surface area contributed by atoms with E-state index in [1.165, 1.54) is 6.20 Å². The lowest BCUT2D eigenvalue weighted by molar-refractivity contribution is -0.175. The summed E-state index contributed by atoms with van der Waals surface area (Å²) < 4.78 is 45.3. The Kier molecular flexibility index (Phi) is 7.80. The summed E-state index contributed by atoms with van der Waals surface area (Å²) in [4.78, 5) is 56.8. The summed E-state index contributed by atoms with van der Waals surface area (Å²) in [6.07, 6.45) is 2.50. The Labute approximate surface area is 269 Å². The number of hydrogen-bond donors (Lipinski definition) is 1. The minimum atomic E-state index is -4.08. The molecule has 250 valence electrons. The second-order valence-electron chi connectivity index (χ2n) is 15.4. The Morgan fingerprint density at radius 1 is 1.16 bits per heavy atom. The van der Waals surface area contributed by atoms with Gasteiger partial charge in [0.05, 0.1) is 16.5 Å². The van der Waals surface area contributed by atoms with Crippen LogP contribution in [0, 0.1) is 27.6 Å². The van der Waals surface area contributed by atoms with Gasteiger partial charge in [-0.2, -0.15) is 0 Å². The van der Waals surface area contributed by atoms with E-state index in [9.17, 15) is 27.6 Å². The molecule has 0 spiro atoms. The number of alkyl carbamates (subject to hydrolysis) is 1. The van der Waals surface area contributed by atoms with Gasteiger partial charge < -0.3 is 19.5 Å². The van der Waals surface area contributed by atoms with Crippen LogP contribution < -0.4 is 5.32 Å². The van der Waals surface area contributed by atoms with E-state index in [0.717, 1.165) is 16.7 Å². The van der Waals surface area contributed by atoms with Crippen LogP contribution in [0.5, 0.6) is 0 Å². The average Bonchev–Trinajstić information content (AvgIpc) is 3.61. The topological polar surface area (TPSA) is 160 Å². The molecular weight excluding hydrogens is 626 g/mol. The van der Waals surface area contributed by atoms with Crippen molar-refractivity contribution in [2.45, 2.75) is 110 Å². The zero-order valence-electron chi connectivity index (χ0n) is 27.2. The Morgan fingerprint density at radius 3 is 2.33 bits per heavy atom. The van der Waals surface area contributed by atoms with Crippen LogP contribution in [0.15, 0.2) is 12.5 Å². The quantitative estimate of drug-likeness (QED) is 0.174. The number of Topliss-reactive ketones (excluding diaryl/α,β-unsaturated/α-hetero) is 1. The average molecular weight is 670 g/mol. The second-order valence-corrected chi connectivity index (χ2v) is 17.9. The van der Waals surface area contributed by atoms with Crippen molar-refractivity contribution in [1.82, 2.24) is 14.3 Å². The summed E-state index contributed by atoms with van der Waals surface area (Å²) in [6.45, 7) is 14.1. The molecule has 0 unspecified atom stereocenters. The van der Waals surface area contributed by atoms with E-state index in [4.69, 9.17) is 25.8 Å². The van der Waals surface area contributed by atoms with Gasteiger partial charge in [0, 0.05) is 24.6 Å². The van der Waals surface area contributed by atoms with Crippen LogP contribution in [-0.4, -0.2) is 70.1 Å². The molecule has 4 fully saturated rings. The fourth-order valence-electron chi connectivity index (χ4n) is 8.02. The molecule has 3 aliphatic carbocycles. The van der Waals surface area contributed by atoms with E-state index in [1.807, 2.05) is 13.8 Å². The van der Waals surface area contributed by atoms with Crippen molar-refractivity contribution in [2.24, 2.45) is 27.6 Å². The number of halogens is 1. The minimum Gasteiger partial charge on any atom is -0.458 e. The van der Waals surface area contributed by atoms with Crippen molar-refractivity contribution in [3.63, 3.8) is 0 Å². The van der Waals surface area contributed by atoms with Crippen LogP contribution >= 0.6 is 11.6 Å². The van der Waals surface area contributed by atoms with Gasteiger partial charge in [-0.15, -0.1) is 11.6 Å². The number of amides is 1. The minimum absolute atomic E-state index is 0.00181. The van der Waals surface area contributed by atoms with Crippen LogP contribution in [0.2, 0.25) is 0 Å². The zero-order valence-corrected chi connectivity index (χ0v) is 28.8. The summed E-state index contributed by atoms with van der Waals surface area (Å²) in [7, 11) is -4.08. The standard InChI is InChI=1S/C31H44ClN3O9S/c1-26(2,3)44-25(39)33-14-19(32)22(42-23(37)31-12-11-29(8,28(31,6)7)43-24(31)38)20-15-35(17-34-20)45(40,41)16-30-10-9-18(13-21(30)36)27(30,4)5/h15,17-19,22H,9-14,16H2,1-8H3,(H,33,39)/t18-,19+,22-,29-,30-,31+/m1/s1. The molecule has 1 N–H and O–H groups in total. The molecule has 0 aromatic carbocycles. The van der Waals surface area contributed by atoms with Crippen LogP contribution in [0.25, 0.3) is 0 Å². The number of alkyl halides is 1. The zero-order chi connectivity index (χ0) is 33.6. The van der Waals surface area contributed by atoms with E-state index in [0.29, 0.717) is 19.3 Å². The van der Waals surface area contributed by atoms with Crippen molar-refractivity contribution >= 4 is 45.4 Å². The van der Waals surface area contributed by atoms with E-state index >= 15 is 0 Å². The Bertz CT molecular complexity index is 1550. The first-order valence-corrected chi connectivity index (χ1v) is 17.4. The van der Waals surface area contributed by atoms with Gasteiger partial charge in [-0.3, -0.25) is 14.4 Å². The number of fused-ring (bicyclic) bond motifs is 4. The lowest BCUT2D eigenvalue weighted by Gasteiger charge is -2.36. The van der Waals surface area contributed by atoms with Crippen LogP contribution in [-0.2, 0) is 38.6 Å². The predicted molar refractivity (Wildman–Crippen MR) is 163 cm³/mol. The molecule has 0 radical (unpaired) electrons. The van der Waals surface area contributed by atoms with Gasteiger partial charge in [-0.25, -0.2) is 22.2 Å². The number of ketones is 1. The highest BCUT2D eigenvalue weighted by Gasteiger charge is 2.77. The highest BCUT2D eigenvalue weighted by atomic mass is 35.5. The number of aromatic nitrogens is 2. The molecule has 5 rings (SSSR count). The van der Waals surface area contributed by atoms with Gasteiger partial charge in [-0.1, -0.05) is 27.7 Å². The van der Waals surface area contributed by atoms with Gasteiger partial charge in [0.25, 0.3) is 0 Å². The predicted octanol–water partition coefficient (Wildman–Crippen LogP) is 4.29. The normalized spacial score (nSPS) is 32.7. The van der Waals surface area contributed by atoms with Crippen LogP contribution in [0.3, 0.4) is 0 Å². The molecule has 1 amide bonds. The number of hydrogen-bond acceptors (Lipinski definition) is 10. The number of carbonyl (C=O) groups excluding carboxylic acids is 4. The maximum absolute atomic E-state index is 14.0. The first-order chi connectivity index (χ1) is 20.5. The number of nitrogens with one attached hydrogen (secondary N) is 1. The van der Waals surface area contributed by atoms with E-state index in [1.54, 1.807) is 41.5 Å². The lowest BCUT2D eigenvalue weighted by atomic mass is 9.65. The molecule has 1 aromatic heterocycles. The van der Waals surface area contributed by atoms with E-state index < -0.39 is 72.4 Å². The number of carbonyl (C=O) groups is 4. The van der Waals surface area contributed by atoms with Gasteiger partial charge >= 0.3 is 18.0 Å². The van der Waals surface area contributed by atoms with Crippen LogP contribution in [0.4, 0.5) is 4.79 Å². The van der Waals surface area contributed by atoms with Crippen molar-refractivity contribution in [2.75, 3.05) is 12.3 Å². The van der Waals surface area contributed by atoms with Gasteiger partial charge in [0.1, 0.15) is 29.0 Å². The first kappa shape index (κ1) is 33.7. The molecular formula is C31H44ClN3O9S. The van der Waals surface area contributed by atoms with Gasteiger partial charge in [0.2, 0.25) is 10.0 Å². The summed E-state index contributed by atoms with van der Waals surface area (Å²) >= 11 is 6.74. The summed E-state index contributed by atoms with van der Waals surface area (Å²) in [5.74, 6) is -1.83. The second kappa shape index (κ2) is 10.4. The number of rotatable bonds is 9. The molecule has 6 atom stereocenters. The Balaban J connectivity index is 1.43. The molecule has 4 aliphatic rings. The number of nitrogens with zero attached hydrogens (tertiary/aromatic N) is 2. The van der Waals surface area contributed by atoms with E-state index in [2.05, 4.69) is 10.3 Å². The first-order valence-electron chi connectivity index (χ1n) is 15.4. The number of esters is 2. The van der Waals surface area contributed by atoms with Crippen molar-refractivity contribution in [1.29, 1.82) is 0 Å². The Morgan fingerprint density at radius 2 is 1.82 bits per heavy atom. The van der Waals surface area contributed by atoms with Crippen LogP contribution in [0.1, 0.15) is 99.3 Å². The third-order valence-electron chi connectivity index (χ3n) is 11.5. The lowest BCUT2D eigenvalue weighted by Crippen LogP contribution is -2.47. The largest absolute Gasteiger partial charge is 0.458 e. The third-order valence-corrected chi connectivity index (χ3v) is 13.6. The van der Waals surface area contributed by atoms with Crippen molar-refractivity contribution < 1.29 is 41.8 Å². The highest BCUT2D eigenvalue weighted by Crippen LogP contribution is 2.66. The third kappa shape index (κ3) is 4.98. The SMILES string of the molecule is CC(C)(C)OC(=O)NC[C@H](Cl)[C@@H](OC(=O)[C@@]12CC[C@@](C)(OC1=O)C2(C)C)c1cn(S(=O)(=O)C[C@]23CC[C@H](CC2=O)C3(C)C)cn1. The smallest absolute Gasteiger partial charge is 0.407 e. The molecule has 4 bridgehead atoms. The molecule has 2 heterocycles. The fourth-order valence-corrected chi connectivity index (χ4v) is 10.2. The van der Waals surface area contributed by atoms with E-state index in [-0.39, 0.29) is 36.1 Å². The summed E-state index contributed by atoms with van der Waals surface area (Å²) in [5.41, 5.74) is -5.61. The molecule has 1 saturated heterocycles. The maximum atomic E-state index is 14.0. The maximum Gasteiger partial charge on any atom is 0.407 e. The molecule has 1 aliphatic heterocycles. The molecule has 1 aromatic rings. The fraction of sp³-hybridized carbons (Fsp3) is 0.774. The molecule has 45 heavy (non-hydrogen) atoms. The van der Waals surface area contributed by atoms with Crippen molar-refractivity contribution in [3.05, 3.63) is 18.2 Å². The Hall–Kier alpha value is -2.67. The molecule has 14 heteroatoms. The number of ether oxygens (including phenoxy) is 3. The van der Waals surface area contributed by atoms with Gasteiger partial charge in [-0.05, 0) is 64.7 Å². The summed E-state index contributed by atoms with van der Waals surface area (Å²) in [6, 6.07) is 0. The van der Waals surface area contributed by atoms with Crippen molar-refractivity contribution in [3.8, 4) is 0 Å². The summed E-state index contributed by atoms with van der Waals surface area (Å²) in [5, 5.41) is 1.41. The molecule has 12 nitrogen and oxygen atoms in total. The number of imidazole rings is 1. The highest BCUT2D eigenvalue weighted by molar-refractivity contribution is 7.89.